The summed E-state index contributed by atoms with van der Waals surface area (Å²) in [6, 6.07) is 4.17. The molecule has 1 aromatic carbocycles. The van der Waals surface area contributed by atoms with Gasteiger partial charge in [0, 0.05) is 6.42 Å². The molecule has 1 aromatic rings. The van der Waals surface area contributed by atoms with E-state index < -0.39 is 42.1 Å². The average Bonchev–Trinajstić information content (AvgIpc) is 2.51. The van der Waals surface area contributed by atoms with Gasteiger partial charge in [-0.3, -0.25) is 9.59 Å². The number of hydrogen-bond donors (Lipinski definition) is 1. The standard InChI is InChI=1S/C17H17F3O4/c1-3-6-13(4-2)24-16(23)14(15(21)22)10-11-7-5-8-12(9-11)17(18,19)20/h3-5,7-9,13-14H,1-2,6,10H2,(H,21,22). The van der Waals surface area contributed by atoms with Gasteiger partial charge in [-0.05, 0) is 18.1 Å². The molecule has 2 atom stereocenters. The maximum absolute atomic E-state index is 12.7. The summed E-state index contributed by atoms with van der Waals surface area (Å²) >= 11 is 0. The molecule has 0 saturated heterocycles. The lowest BCUT2D eigenvalue weighted by atomic mass is 9.98. The lowest BCUT2D eigenvalue weighted by molar-refractivity contribution is -0.160. The van der Waals surface area contributed by atoms with E-state index in [2.05, 4.69) is 13.2 Å². The quantitative estimate of drug-likeness (QED) is 0.445. The molecule has 1 N–H and O–H groups in total. The summed E-state index contributed by atoms with van der Waals surface area (Å²) < 4.78 is 43.1. The molecule has 0 radical (unpaired) electrons. The molecule has 24 heavy (non-hydrogen) atoms. The third kappa shape index (κ3) is 5.57. The lowest BCUT2D eigenvalue weighted by Gasteiger charge is -2.17. The summed E-state index contributed by atoms with van der Waals surface area (Å²) in [5, 5.41) is 9.18. The largest absolute Gasteiger partial charge is 0.481 e. The smallest absolute Gasteiger partial charge is 0.416 e. The van der Waals surface area contributed by atoms with Gasteiger partial charge >= 0.3 is 18.1 Å². The molecular formula is C17H17F3O4. The van der Waals surface area contributed by atoms with E-state index in [1.54, 1.807) is 0 Å². The Bertz CT molecular complexity index is 623. The Morgan fingerprint density at radius 3 is 2.46 bits per heavy atom. The highest BCUT2D eigenvalue weighted by molar-refractivity contribution is 5.94. The van der Waals surface area contributed by atoms with E-state index >= 15 is 0 Å². The first kappa shape index (κ1) is 19.5. The number of carboxylic acids is 1. The maximum atomic E-state index is 12.7. The molecule has 2 unspecified atom stereocenters. The number of alkyl halides is 3. The Labute approximate surface area is 137 Å². The first-order valence-corrected chi connectivity index (χ1v) is 7.02. The minimum atomic E-state index is -4.55. The van der Waals surface area contributed by atoms with Crippen LogP contribution in [0.5, 0.6) is 0 Å². The van der Waals surface area contributed by atoms with Gasteiger partial charge in [0.15, 0.2) is 5.92 Å². The van der Waals surface area contributed by atoms with E-state index in [0.717, 1.165) is 18.2 Å². The molecule has 0 aliphatic rings. The highest BCUT2D eigenvalue weighted by Gasteiger charge is 2.33. The van der Waals surface area contributed by atoms with Crippen LogP contribution in [0.15, 0.2) is 49.6 Å². The van der Waals surface area contributed by atoms with E-state index in [1.165, 1.54) is 18.2 Å². The molecule has 0 spiro atoms. The maximum Gasteiger partial charge on any atom is 0.416 e. The SMILES string of the molecule is C=CCC(C=C)OC(=O)C(Cc1cccc(C(F)(F)F)c1)C(=O)O. The third-order valence-electron chi connectivity index (χ3n) is 3.21. The summed E-state index contributed by atoms with van der Waals surface area (Å²) in [4.78, 5) is 23.3. The predicted molar refractivity (Wildman–Crippen MR) is 81.2 cm³/mol. The Kier molecular flexibility index (Phi) is 6.76. The van der Waals surface area contributed by atoms with Crippen LogP contribution in [0, 0.1) is 5.92 Å². The summed E-state index contributed by atoms with van der Waals surface area (Å²) in [6.45, 7) is 6.94. The number of esters is 1. The van der Waals surface area contributed by atoms with Gasteiger partial charge in [-0.15, -0.1) is 6.58 Å². The number of rotatable bonds is 8. The molecule has 0 aliphatic heterocycles. The summed E-state index contributed by atoms with van der Waals surface area (Å²) in [7, 11) is 0. The molecular weight excluding hydrogens is 325 g/mol. The van der Waals surface area contributed by atoms with Crippen LogP contribution in [0.3, 0.4) is 0 Å². The van der Waals surface area contributed by atoms with Gasteiger partial charge in [0.05, 0.1) is 5.56 Å². The molecule has 7 heteroatoms. The van der Waals surface area contributed by atoms with Crippen molar-refractivity contribution in [3.8, 4) is 0 Å². The topological polar surface area (TPSA) is 63.6 Å². The summed E-state index contributed by atoms with van der Waals surface area (Å²) in [5.74, 6) is -4.12. The highest BCUT2D eigenvalue weighted by atomic mass is 19.4. The fourth-order valence-corrected chi connectivity index (χ4v) is 1.97. The van der Waals surface area contributed by atoms with Crippen molar-refractivity contribution in [2.24, 2.45) is 5.92 Å². The van der Waals surface area contributed by atoms with Crippen LogP contribution in [0.1, 0.15) is 17.5 Å². The number of carbonyl (C=O) groups is 2. The van der Waals surface area contributed by atoms with E-state index in [0.29, 0.717) is 0 Å². The zero-order valence-corrected chi connectivity index (χ0v) is 12.8. The number of benzene rings is 1. The molecule has 130 valence electrons. The van der Waals surface area contributed by atoms with Gasteiger partial charge in [0.2, 0.25) is 0 Å². The highest BCUT2D eigenvalue weighted by Crippen LogP contribution is 2.30. The zero-order chi connectivity index (χ0) is 18.3. The van der Waals surface area contributed by atoms with Crippen LogP contribution in [0.4, 0.5) is 13.2 Å². The molecule has 0 saturated carbocycles. The van der Waals surface area contributed by atoms with Crippen molar-refractivity contribution in [2.75, 3.05) is 0 Å². The van der Waals surface area contributed by atoms with Crippen LogP contribution in [-0.2, 0) is 26.9 Å². The van der Waals surface area contributed by atoms with Crippen LogP contribution in [0.25, 0.3) is 0 Å². The molecule has 0 heterocycles. The van der Waals surface area contributed by atoms with Crippen molar-refractivity contribution < 1.29 is 32.6 Å². The summed E-state index contributed by atoms with van der Waals surface area (Å²) in [6.07, 6.45) is -2.64. The minimum Gasteiger partial charge on any atom is -0.481 e. The van der Waals surface area contributed by atoms with E-state index in [4.69, 9.17) is 4.74 Å². The van der Waals surface area contributed by atoms with Crippen molar-refractivity contribution in [1.82, 2.24) is 0 Å². The van der Waals surface area contributed by atoms with Gasteiger partial charge in [-0.2, -0.15) is 13.2 Å². The number of carbonyl (C=O) groups excluding carboxylic acids is 1. The Balaban J connectivity index is 2.94. The minimum absolute atomic E-state index is 0.0769. The number of carboxylic acid groups (broad SMARTS) is 1. The van der Waals surface area contributed by atoms with Crippen LogP contribution in [0.2, 0.25) is 0 Å². The van der Waals surface area contributed by atoms with Crippen molar-refractivity contribution in [1.29, 1.82) is 0 Å². The summed E-state index contributed by atoms with van der Waals surface area (Å²) in [5.41, 5.74) is -0.832. The third-order valence-corrected chi connectivity index (χ3v) is 3.21. The molecule has 0 aromatic heterocycles. The zero-order valence-electron chi connectivity index (χ0n) is 12.8. The second-order valence-corrected chi connectivity index (χ2v) is 5.03. The molecule has 0 amide bonds. The van der Waals surface area contributed by atoms with Gasteiger partial charge in [-0.1, -0.05) is 36.9 Å². The predicted octanol–water partition coefficient (Wildman–Crippen LogP) is 3.62. The van der Waals surface area contributed by atoms with E-state index in [1.807, 2.05) is 0 Å². The number of ether oxygens (including phenoxy) is 1. The van der Waals surface area contributed by atoms with Gasteiger partial charge < -0.3 is 9.84 Å². The Morgan fingerprint density at radius 2 is 1.96 bits per heavy atom. The van der Waals surface area contributed by atoms with Crippen molar-refractivity contribution >= 4 is 11.9 Å². The lowest BCUT2D eigenvalue weighted by Crippen LogP contribution is -2.30. The number of hydrogen-bond acceptors (Lipinski definition) is 3. The van der Waals surface area contributed by atoms with Crippen LogP contribution < -0.4 is 0 Å². The van der Waals surface area contributed by atoms with Crippen molar-refractivity contribution in [3.63, 3.8) is 0 Å². The van der Waals surface area contributed by atoms with E-state index in [-0.39, 0.29) is 12.0 Å². The normalized spacial score (nSPS) is 13.6. The second-order valence-electron chi connectivity index (χ2n) is 5.03. The molecule has 0 bridgehead atoms. The Morgan fingerprint density at radius 1 is 1.29 bits per heavy atom. The number of halogens is 3. The van der Waals surface area contributed by atoms with Crippen LogP contribution >= 0.6 is 0 Å². The first-order valence-electron chi connectivity index (χ1n) is 7.02. The fraction of sp³-hybridized carbons (Fsp3) is 0.294. The first-order chi connectivity index (χ1) is 11.2. The van der Waals surface area contributed by atoms with Gasteiger partial charge in [-0.25, -0.2) is 0 Å². The molecule has 0 fully saturated rings. The van der Waals surface area contributed by atoms with Crippen LogP contribution in [-0.4, -0.2) is 23.1 Å². The molecule has 1 rings (SSSR count). The van der Waals surface area contributed by atoms with E-state index in [9.17, 15) is 27.9 Å². The fourth-order valence-electron chi connectivity index (χ4n) is 1.97. The van der Waals surface area contributed by atoms with Gasteiger partial charge in [0.25, 0.3) is 0 Å². The van der Waals surface area contributed by atoms with Gasteiger partial charge in [0.1, 0.15) is 6.10 Å². The van der Waals surface area contributed by atoms with Crippen molar-refractivity contribution in [2.45, 2.75) is 25.1 Å². The average molecular weight is 342 g/mol. The monoisotopic (exact) mass is 342 g/mol. The number of aliphatic carboxylic acids is 1. The van der Waals surface area contributed by atoms with Crippen molar-refractivity contribution in [3.05, 3.63) is 60.7 Å². The second kappa shape index (κ2) is 8.33. The molecule has 0 aliphatic carbocycles. The molecule has 4 nitrogen and oxygen atoms in total. The Hall–Kier alpha value is -2.57.